The Hall–Kier alpha value is -3.15. The summed E-state index contributed by atoms with van der Waals surface area (Å²) in [7, 11) is 0. The van der Waals surface area contributed by atoms with E-state index in [0.29, 0.717) is 19.3 Å². The second kappa shape index (κ2) is 52.5. The van der Waals surface area contributed by atoms with Gasteiger partial charge in [-0.15, -0.1) is 0 Å². The van der Waals surface area contributed by atoms with E-state index in [2.05, 4.69) is 63.3 Å². The van der Waals surface area contributed by atoms with Crippen LogP contribution >= 0.6 is 0 Å². The Balaban J connectivity index is 4.43. The molecule has 0 fully saturated rings. The van der Waals surface area contributed by atoms with Gasteiger partial charge in [0.25, 0.3) is 0 Å². The van der Waals surface area contributed by atoms with E-state index in [1.165, 1.54) is 128 Å². The molecule has 6 heteroatoms. The van der Waals surface area contributed by atoms with Crippen molar-refractivity contribution in [1.82, 2.24) is 0 Å². The molecule has 0 saturated heterocycles. The maximum absolute atomic E-state index is 12.8. The predicted octanol–water partition coefficient (Wildman–Crippen LogP) is 17.8. The van der Waals surface area contributed by atoms with Gasteiger partial charge in [-0.25, -0.2) is 0 Å². The third kappa shape index (κ3) is 49.9. The molecule has 1 atom stereocenters. The first-order valence-electron chi connectivity index (χ1n) is 27.0. The molecule has 0 amide bonds. The van der Waals surface area contributed by atoms with Crippen LogP contribution in [-0.4, -0.2) is 37.2 Å². The van der Waals surface area contributed by atoms with Crippen LogP contribution < -0.4 is 0 Å². The molecular formula is C58H100O6. The number of unbranched alkanes of at least 4 members (excludes halogenated alkanes) is 29. The fourth-order valence-electron chi connectivity index (χ4n) is 7.50. The predicted molar refractivity (Wildman–Crippen MR) is 274 cm³/mol. The van der Waals surface area contributed by atoms with Crippen LogP contribution in [0.5, 0.6) is 0 Å². The lowest BCUT2D eigenvalue weighted by molar-refractivity contribution is -0.167. The molecular weight excluding hydrogens is 793 g/mol. The molecule has 0 aromatic rings. The van der Waals surface area contributed by atoms with Crippen LogP contribution in [0.25, 0.3) is 0 Å². The lowest BCUT2D eigenvalue weighted by atomic mass is 10.0. The lowest BCUT2D eigenvalue weighted by Gasteiger charge is -2.18. The summed E-state index contributed by atoms with van der Waals surface area (Å²) in [5.41, 5.74) is 0. The van der Waals surface area contributed by atoms with Gasteiger partial charge >= 0.3 is 17.9 Å². The zero-order chi connectivity index (χ0) is 46.5. The second-order valence-corrected chi connectivity index (χ2v) is 17.9. The van der Waals surface area contributed by atoms with Crippen molar-refractivity contribution in [3.8, 4) is 0 Å². The van der Waals surface area contributed by atoms with Crippen molar-refractivity contribution in [2.45, 2.75) is 264 Å². The number of allylic oxidation sites excluding steroid dienone is 12. The molecule has 0 radical (unpaired) electrons. The number of rotatable bonds is 48. The number of ether oxygens (including phenoxy) is 3. The van der Waals surface area contributed by atoms with Gasteiger partial charge in [0.1, 0.15) is 13.2 Å². The number of esters is 3. The van der Waals surface area contributed by atoms with E-state index >= 15 is 0 Å². The Kier molecular flexibility index (Phi) is 49.9. The Labute approximate surface area is 395 Å². The van der Waals surface area contributed by atoms with Crippen LogP contribution in [0.2, 0.25) is 0 Å². The highest BCUT2D eigenvalue weighted by molar-refractivity contribution is 5.71. The summed E-state index contributed by atoms with van der Waals surface area (Å²) >= 11 is 0. The van der Waals surface area contributed by atoms with Crippen LogP contribution in [0.3, 0.4) is 0 Å². The van der Waals surface area contributed by atoms with Gasteiger partial charge in [0.05, 0.1) is 0 Å². The molecule has 0 N–H and O–H groups in total. The number of carbonyl (C=O) groups excluding carboxylic acids is 3. The fraction of sp³-hybridized carbons (Fsp3) is 0.741. The number of carbonyl (C=O) groups is 3. The molecule has 0 aromatic carbocycles. The van der Waals surface area contributed by atoms with Crippen molar-refractivity contribution in [2.24, 2.45) is 0 Å². The third-order valence-electron chi connectivity index (χ3n) is 11.6. The summed E-state index contributed by atoms with van der Waals surface area (Å²) in [4.78, 5) is 38.0. The maximum atomic E-state index is 12.8. The fourth-order valence-corrected chi connectivity index (χ4v) is 7.50. The largest absolute Gasteiger partial charge is 0.462 e. The Morgan fingerprint density at radius 2 is 0.609 bits per heavy atom. The van der Waals surface area contributed by atoms with Crippen molar-refractivity contribution in [2.75, 3.05) is 13.2 Å². The van der Waals surface area contributed by atoms with E-state index in [9.17, 15) is 14.4 Å². The highest BCUT2D eigenvalue weighted by atomic mass is 16.6. The normalized spacial score (nSPS) is 12.6. The molecule has 0 aromatic heterocycles. The monoisotopic (exact) mass is 893 g/mol. The van der Waals surface area contributed by atoms with Gasteiger partial charge in [0.15, 0.2) is 6.10 Å². The SMILES string of the molecule is CC/C=C/C=C/C=C/C=C/CCCCCC(=O)OCC(COC(=O)CCCCCCC/C=C/C=C/CCCCCCCCC)OC(=O)CCCCCCCCCCCCCCCCC. The maximum Gasteiger partial charge on any atom is 0.306 e. The summed E-state index contributed by atoms with van der Waals surface area (Å²) < 4.78 is 16.8. The average Bonchev–Trinajstić information content (AvgIpc) is 3.29. The highest BCUT2D eigenvalue weighted by Gasteiger charge is 2.19. The third-order valence-corrected chi connectivity index (χ3v) is 11.6. The van der Waals surface area contributed by atoms with Gasteiger partial charge in [-0.2, -0.15) is 0 Å². The first kappa shape index (κ1) is 60.9. The van der Waals surface area contributed by atoms with Crippen molar-refractivity contribution < 1.29 is 28.6 Å². The minimum Gasteiger partial charge on any atom is -0.462 e. The van der Waals surface area contributed by atoms with Crippen LogP contribution in [0.1, 0.15) is 258 Å². The van der Waals surface area contributed by atoms with E-state index in [1.54, 1.807) is 0 Å². The zero-order valence-electron chi connectivity index (χ0n) is 42.0. The minimum absolute atomic E-state index is 0.0947. The topological polar surface area (TPSA) is 78.9 Å². The molecule has 0 bridgehead atoms. The summed E-state index contributed by atoms with van der Waals surface area (Å²) in [6, 6.07) is 0. The van der Waals surface area contributed by atoms with Gasteiger partial charge in [-0.1, -0.05) is 248 Å². The summed E-state index contributed by atoms with van der Waals surface area (Å²) in [5, 5.41) is 0. The lowest BCUT2D eigenvalue weighted by Crippen LogP contribution is -2.30. The van der Waals surface area contributed by atoms with E-state index in [1.807, 2.05) is 30.4 Å². The smallest absolute Gasteiger partial charge is 0.306 e. The zero-order valence-corrected chi connectivity index (χ0v) is 42.0. The van der Waals surface area contributed by atoms with Crippen molar-refractivity contribution in [3.05, 3.63) is 72.9 Å². The molecule has 0 aliphatic rings. The summed E-state index contributed by atoms with van der Waals surface area (Å²) in [6.45, 7) is 6.46. The molecule has 368 valence electrons. The first-order chi connectivity index (χ1) is 31.5. The molecule has 0 aliphatic heterocycles. The molecule has 64 heavy (non-hydrogen) atoms. The van der Waals surface area contributed by atoms with Crippen LogP contribution in [-0.2, 0) is 28.6 Å². The van der Waals surface area contributed by atoms with Gasteiger partial charge in [0.2, 0.25) is 0 Å². The van der Waals surface area contributed by atoms with E-state index in [0.717, 1.165) is 89.9 Å². The van der Waals surface area contributed by atoms with Crippen LogP contribution in [0.15, 0.2) is 72.9 Å². The quantitative estimate of drug-likeness (QED) is 0.0262. The van der Waals surface area contributed by atoms with Gasteiger partial charge in [0, 0.05) is 19.3 Å². The Morgan fingerprint density at radius 1 is 0.328 bits per heavy atom. The average molecular weight is 893 g/mol. The molecule has 0 aliphatic carbocycles. The van der Waals surface area contributed by atoms with E-state index in [4.69, 9.17) is 14.2 Å². The number of hydrogen-bond donors (Lipinski definition) is 0. The standard InChI is InChI=1S/C58H100O6/c1-4-7-10-13-16-19-22-25-27-28-29-31-33-36-39-42-45-48-51-57(60)63-54-55(53-62-56(59)50-47-44-41-38-35-32-24-21-18-15-12-9-6-3)64-58(61)52-49-46-43-40-37-34-30-26-23-20-17-14-11-8-5-2/h9,12,15,18,21,24,27-29,31-32,35,55H,4-8,10-11,13-14,16-17,19-20,22-23,25-26,30,33-34,36-54H2,1-3H3/b12-9+,18-15+,24-21+,28-27+,31-29+,35-32+. The van der Waals surface area contributed by atoms with Gasteiger partial charge < -0.3 is 14.2 Å². The first-order valence-corrected chi connectivity index (χ1v) is 27.0. The van der Waals surface area contributed by atoms with Gasteiger partial charge in [-0.3, -0.25) is 14.4 Å². The second-order valence-electron chi connectivity index (χ2n) is 17.9. The highest BCUT2D eigenvalue weighted by Crippen LogP contribution is 2.15. The molecule has 0 spiro atoms. The molecule has 6 nitrogen and oxygen atoms in total. The Bertz CT molecular complexity index is 1210. The number of hydrogen-bond acceptors (Lipinski definition) is 6. The van der Waals surface area contributed by atoms with Crippen molar-refractivity contribution in [1.29, 1.82) is 0 Å². The minimum atomic E-state index is -0.796. The molecule has 0 heterocycles. The van der Waals surface area contributed by atoms with E-state index < -0.39 is 6.10 Å². The Morgan fingerprint density at radius 3 is 0.984 bits per heavy atom. The van der Waals surface area contributed by atoms with Crippen molar-refractivity contribution >= 4 is 17.9 Å². The van der Waals surface area contributed by atoms with Crippen LogP contribution in [0.4, 0.5) is 0 Å². The van der Waals surface area contributed by atoms with E-state index in [-0.39, 0.29) is 31.1 Å². The molecule has 1 unspecified atom stereocenters. The summed E-state index contributed by atoms with van der Waals surface area (Å²) in [6.07, 6.45) is 66.0. The van der Waals surface area contributed by atoms with Gasteiger partial charge in [-0.05, 0) is 64.2 Å². The van der Waals surface area contributed by atoms with Crippen molar-refractivity contribution in [3.63, 3.8) is 0 Å². The van der Waals surface area contributed by atoms with Crippen LogP contribution in [0, 0.1) is 0 Å². The molecule has 0 saturated carbocycles. The summed E-state index contributed by atoms with van der Waals surface area (Å²) in [5.74, 6) is -0.942. The molecule has 0 rings (SSSR count).